The van der Waals surface area contributed by atoms with Crippen LogP contribution in [-0.2, 0) is 0 Å². The number of rotatable bonds is 2. The summed E-state index contributed by atoms with van der Waals surface area (Å²) in [5.74, 6) is 0.693. The third-order valence-corrected chi connectivity index (χ3v) is 2.79. The van der Waals surface area contributed by atoms with Gasteiger partial charge in [0.1, 0.15) is 11.3 Å². The quantitative estimate of drug-likeness (QED) is 0.676. The molecule has 1 heterocycles. The molecular weight excluding hydrogens is 250 g/mol. The second-order valence-electron chi connectivity index (χ2n) is 4.01. The summed E-state index contributed by atoms with van der Waals surface area (Å²) in [4.78, 5) is 4.22. The molecule has 0 bridgehead atoms. The highest BCUT2D eigenvalue weighted by Crippen LogP contribution is 2.27. The highest BCUT2D eigenvalue weighted by atomic mass is 35.5. The van der Waals surface area contributed by atoms with Crippen molar-refractivity contribution in [2.75, 3.05) is 0 Å². The first kappa shape index (κ1) is 11.1. The van der Waals surface area contributed by atoms with Crippen LogP contribution in [0.3, 0.4) is 0 Å². The fourth-order valence-corrected chi connectivity index (χ4v) is 1.79. The largest absolute Gasteiger partial charge is 0.411 e. The first-order chi connectivity index (χ1) is 8.70. The summed E-state index contributed by atoms with van der Waals surface area (Å²) >= 11 is 5.88. The van der Waals surface area contributed by atoms with Gasteiger partial charge in [-0.1, -0.05) is 29.3 Å². The lowest BCUT2D eigenvalue weighted by Gasteiger charge is -1.99. The lowest BCUT2D eigenvalue weighted by molar-refractivity contribution is 0.343. The molecule has 0 fully saturated rings. The fourth-order valence-electron chi connectivity index (χ4n) is 1.63. The van der Waals surface area contributed by atoms with E-state index < -0.39 is 0 Å². The minimum absolute atomic E-state index is 0.219. The van der Waals surface area contributed by atoms with Crippen molar-refractivity contribution >= 4 is 22.7 Å². The number of hydrogen-bond acceptors (Lipinski definition) is 3. The molecule has 2 aromatic carbocycles. The van der Waals surface area contributed by atoms with Crippen molar-refractivity contribution in [3.63, 3.8) is 0 Å². The highest BCUT2D eigenvalue weighted by molar-refractivity contribution is 6.31. The van der Waals surface area contributed by atoms with E-state index in [1.54, 1.807) is 18.2 Å². The number of nitrogens with zero attached hydrogens (tertiary/aromatic N) is 1. The molecule has 4 heteroatoms. The Labute approximate surface area is 109 Å². The third-order valence-electron chi connectivity index (χ3n) is 2.56. The van der Waals surface area contributed by atoms with Gasteiger partial charge in [0.2, 0.25) is 0 Å². The van der Waals surface area contributed by atoms with Crippen molar-refractivity contribution in [2.24, 2.45) is 0 Å². The van der Waals surface area contributed by atoms with Crippen molar-refractivity contribution in [3.05, 3.63) is 53.1 Å². The smallest absolute Gasteiger partial charge is 0.400 e. The van der Waals surface area contributed by atoms with E-state index in [9.17, 15) is 0 Å². The number of oxazole rings is 1. The summed E-state index contributed by atoms with van der Waals surface area (Å²) < 4.78 is 11.0. The summed E-state index contributed by atoms with van der Waals surface area (Å²) in [6.45, 7) is 2.02. The van der Waals surface area contributed by atoms with E-state index >= 15 is 0 Å². The van der Waals surface area contributed by atoms with E-state index in [0.717, 1.165) is 5.52 Å². The SMILES string of the molecule is Cc1ccc(Oc2nc3ccc(Cl)cc3o2)cc1. The Morgan fingerprint density at radius 3 is 2.67 bits per heavy atom. The molecular formula is C14H10ClNO2. The molecule has 90 valence electrons. The lowest BCUT2D eigenvalue weighted by Crippen LogP contribution is -1.83. The minimum atomic E-state index is 0.219. The van der Waals surface area contributed by atoms with Crippen LogP contribution < -0.4 is 4.74 Å². The zero-order chi connectivity index (χ0) is 12.5. The van der Waals surface area contributed by atoms with E-state index in [1.165, 1.54) is 5.56 Å². The molecule has 0 atom stereocenters. The summed E-state index contributed by atoms with van der Waals surface area (Å²) in [5.41, 5.74) is 2.51. The maximum atomic E-state index is 5.88. The van der Waals surface area contributed by atoms with Crippen molar-refractivity contribution in [3.8, 4) is 11.8 Å². The Hall–Kier alpha value is -2.00. The van der Waals surface area contributed by atoms with Crippen molar-refractivity contribution in [1.82, 2.24) is 4.98 Å². The van der Waals surface area contributed by atoms with Crippen LogP contribution in [0.1, 0.15) is 5.56 Å². The topological polar surface area (TPSA) is 35.3 Å². The molecule has 18 heavy (non-hydrogen) atoms. The maximum absolute atomic E-state index is 5.88. The van der Waals surface area contributed by atoms with Gasteiger partial charge in [0, 0.05) is 11.1 Å². The first-order valence-corrected chi connectivity index (χ1v) is 5.89. The molecule has 0 saturated carbocycles. The van der Waals surface area contributed by atoms with Crippen LogP contribution in [-0.4, -0.2) is 4.98 Å². The molecule has 0 amide bonds. The molecule has 1 aromatic heterocycles. The summed E-state index contributed by atoms with van der Waals surface area (Å²) in [7, 11) is 0. The van der Waals surface area contributed by atoms with Gasteiger partial charge in [-0.3, -0.25) is 0 Å². The van der Waals surface area contributed by atoms with E-state index in [1.807, 2.05) is 31.2 Å². The lowest BCUT2D eigenvalue weighted by atomic mass is 10.2. The van der Waals surface area contributed by atoms with Crippen LogP contribution in [0.4, 0.5) is 0 Å². The van der Waals surface area contributed by atoms with Crippen LogP contribution in [0.15, 0.2) is 46.9 Å². The van der Waals surface area contributed by atoms with Gasteiger partial charge in [-0.05, 0) is 31.2 Å². The van der Waals surface area contributed by atoms with Gasteiger partial charge in [0.05, 0.1) is 0 Å². The van der Waals surface area contributed by atoms with E-state index in [0.29, 0.717) is 16.4 Å². The number of ether oxygens (including phenoxy) is 1. The molecule has 0 aliphatic heterocycles. The number of benzene rings is 2. The van der Waals surface area contributed by atoms with Crippen LogP contribution in [0, 0.1) is 6.92 Å². The van der Waals surface area contributed by atoms with Gasteiger partial charge in [-0.25, -0.2) is 0 Å². The van der Waals surface area contributed by atoms with E-state index in [2.05, 4.69) is 4.98 Å². The summed E-state index contributed by atoms with van der Waals surface area (Å²) in [6, 6.07) is 13.0. The predicted octanol–water partition coefficient (Wildman–Crippen LogP) is 4.58. The number of fused-ring (bicyclic) bond motifs is 1. The van der Waals surface area contributed by atoms with Crippen molar-refractivity contribution < 1.29 is 9.15 Å². The number of hydrogen-bond donors (Lipinski definition) is 0. The Morgan fingerprint density at radius 2 is 1.89 bits per heavy atom. The van der Waals surface area contributed by atoms with E-state index in [-0.39, 0.29) is 6.08 Å². The molecule has 0 N–H and O–H groups in total. The predicted molar refractivity (Wildman–Crippen MR) is 70.3 cm³/mol. The molecule has 0 unspecified atom stereocenters. The Bertz CT molecular complexity index is 689. The molecule has 0 aliphatic carbocycles. The van der Waals surface area contributed by atoms with Gasteiger partial charge in [-0.2, -0.15) is 4.98 Å². The van der Waals surface area contributed by atoms with E-state index in [4.69, 9.17) is 20.8 Å². The van der Waals surface area contributed by atoms with Crippen LogP contribution in [0.5, 0.6) is 11.8 Å². The van der Waals surface area contributed by atoms with Gasteiger partial charge < -0.3 is 9.15 Å². The van der Waals surface area contributed by atoms with Gasteiger partial charge in [0.25, 0.3) is 0 Å². The normalized spacial score (nSPS) is 10.8. The second-order valence-corrected chi connectivity index (χ2v) is 4.44. The minimum Gasteiger partial charge on any atom is -0.411 e. The van der Waals surface area contributed by atoms with Crippen molar-refractivity contribution in [2.45, 2.75) is 6.92 Å². The zero-order valence-corrected chi connectivity index (χ0v) is 10.4. The Kier molecular flexibility index (Phi) is 2.68. The summed E-state index contributed by atoms with van der Waals surface area (Å²) in [6.07, 6.45) is 0.219. The van der Waals surface area contributed by atoms with Gasteiger partial charge >= 0.3 is 6.08 Å². The molecule has 3 rings (SSSR count). The molecule has 0 spiro atoms. The number of aromatic nitrogens is 1. The summed E-state index contributed by atoms with van der Waals surface area (Å²) in [5, 5.41) is 0.612. The fraction of sp³-hybridized carbons (Fsp3) is 0.0714. The average molecular weight is 260 g/mol. The van der Waals surface area contributed by atoms with Gasteiger partial charge in [0.15, 0.2) is 5.58 Å². The molecule has 0 aliphatic rings. The molecule has 3 aromatic rings. The first-order valence-electron chi connectivity index (χ1n) is 5.51. The highest BCUT2D eigenvalue weighted by Gasteiger charge is 2.08. The second kappa shape index (κ2) is 4.35. The average Bonchev–Trinajstić information content (AvgIpc) is 2.73. The standard InChI is InChI=1S/C14H10ClNO2/c1-9-2-5-11(6-3-9)17-14-16-12-7-4-10(15)8-13(12)18-14/h2-8H,1H3. The Balaban J connectivity index is 1.92. The van der Waals surface area contributed by atoms with Crippen LogP contribution in [0.2, 0.25) is 5.02 Å². The molecule has 0 radical (unpaired) electrons. The molecule has 0 saturated heterocycles. The molecule has 3 nitrogen and oxygen atoms in total. The van der Waals surface area contributed by atoms with Gasteiger partial charge in [-0.15, -0.1) is 0 Å². The Morgan fingerprint density at radius 1 is 1.11 bits per heavy atom. The van der Waals surface area contributed by atoms with Crippen LogP contribution >= 0.6 is 11.6 Å². The zero-order valence-electron chi connectivity index (χ0n) is 9.68. The number of halogens is 1. The maximum Gasteiger partial charge on any atom is 0.400 e. The van der Waals surface area contributed by atoms with Crippen molar-refractivity contribution in [1.29, 1.82) is 0 Å². The van der Waals surface area contributed by atoms with Crippen LogP contribution in [0.25, 0.3) is 11.1 Å². The monoisotopic (exact) mass is 259 g/mol. The number of aryl methyl sites for hydroxylation is 1. The third kappa shape index (κ3) is 2.17.